The molecule has 1 saturated heterocycles. The number of hydrogen-bond acceptors (Lipinski definition) is 9. The minimum Gasteiger partial charge on any atom is -0.494 e. The van der Waals surface area contributed by atoms with Crippen LogP contribution in [0.1, 0.15) is 6.42 Å². The molecule has 11 nitrogen and oxygen atoms in total. The number of para-hydroxylation sites is 1. The van der Waals surface area contributed by atoms with Crippen molar-refractivity contribution in [1.29, 1.82) is 0 Å². The Morgan fingerprint density at radius 2 is 1.90 bits per heavy atom. The monoisotopic (exact) mass is 563 g/mol. The van der Waals surface area contributed by atoms with E-state index in [0.29, 0.717) is 23.5 Å². The second-order valence-electron chi connectivity index (χ2n) is 9.82. The highest BCUT2D eigenvalue weighted by Crippen LogP contribution is 2.39. The van der Waals surface area contributed by atoms with Crippen LogP contribution < -0.4 is 20.1 Å². The van der Waals surface area contributed by atoms with Crippen LogP contribution in [0.2, 0.25) is 0 Å². The summed E-state index contributed by atoms with van der Waals surface area (Å²) in [5.41, 5.74) is 5.85. The van der Waals surface area contributed by atoms with Gasteiger partial charge in [-0.2, -0.15) is 0 Å². The van der Waals surface area contributed by atoms with E-state index in [1.807, 2.05) is 42.5 Å². The number of aliphatic hydroxyl groups excluding tert-OH is 2. The number of pyridine rings is 1. The van der Waals surface area contributed by atoms with Gasteiger partial charge in [0.15, 0.2) is 0 Å². The number of H-pyrrole nitrogens is 1. The summed E-state index contributed by atoms with van der Waals surface area (Å²) in [7, 11) is -1.91. The standard InChI is InChI=1S/C28H29N5O6S/c1-38-23-12-16(33-40(2,36)37)8-10-21(23)32-26-17-5-3-4-6-19(17)30-27-18-11-15(7-9-20(18)31-28(26)27)29-25-13-22(35)24(14-34)39-25/h3-12,22,24-25,29,31,33-35H,13-14H2,1-2H3,(H,30,32)/t22-,24+,25?/m0/s1. The predicted octanol–water partition coefficient (Wildman–Crippen LogP) is 3.87. The van der Waals surface area contributed by atoms with E-state index in [0.717, 1.165) is 50.5 Å². The summed E-state index contributed by atoms with van der Waals surface area (Å²) in [6.45, 7) is -0.241. The predicted molar refractivity (Wildman–Crippen MR) is 156 cm³/mol. The van der Waals surface area contributed by atoms with Crippen LogP contribution in [0.4, 0.5) is 22.7 Å². The number of nitrogens with zero attached hydrogens (tertiary/aromatic N) is 1. The van der Waals surface area contributed by atoms with Crippen LogP contribution in [-0.2, 0) is 14.8 Å². The summed E-state index contributed by atoms with van der Waals surface area (Å²) in [4.78, 5) is 8.46. The van der Waals surface area contributed by atoms with Gasteiger partial charge in [-0.15, -0.1) is 0 Å². The van der Waals surface area contributed by atoms with Crippen LogP contribution >= 0.6 is 0 Å². The smallest absolute Gasteiger partial charge is 0.229 e. The second-order valence-corrected chi connectivity index (χ2v) is 11.6. The Balaban J connectivity index is 1.43. The molecule has 40 heavy (non-hydrogen) atoms. The Bertz CT molecular complexity index is 1840. The third-order valence-electron chi connectivity index (χ3n) is 6.92. The molecule has 208 valence electrons. The van der Waals surface area contributed by atoms with Gasteiger partial charge in [0.05, 0.1) is 59.7 Å². The Morgan fingerprint density at radius 1 is 1.10 bits per heavy atom. The number of fused-ring (bicyclic) bond motifs is 4. The molecule has 12 heteroatoms. The number of hydrogen-bond donors (Lipinski definition) is 6. The van der Waals surface area contributed by atoms with Gasteiger partial charge >= 0.3 is 0 Å². The van der Waals surface area contributed by atoms with Crippen LogP contribution in [0.15, 0.2) is 60.7 Å². The van der Waals surface area contributed by atoms with E-state index in [2.05, 4.69) is 20.3 Å². The van der Waals surface area contributed by atoms with Crippen molar-refractivity contribution < 1.29 is 28.1 Å². The second kappa shape index (κ2) is 10.1. The highest BCUT2D eigenvalue weighted by molar-refractivity contribution is 7.92. The SMILES string of the molecule is COc1cc(NS(C)(=O)=O)ccc1Nc1c2ccccc2nc2c1[nH]c1ccc(NC3C[C@H](O)[C@@H](CO)O3)cc12. The molecule has 6 N–H and O–H groups in total. The Hall–Kier alpha value is -4.10. The van der Waals surface area contributed by atoms with Gasteiger partial charge in [-0.3, -0.25) is 4.72 Å². The normalized spacial score (nSPS) is 19.4. The number of methoxy groups -OCH3 is 1. The molecule has 1 fully saturated rings. The zero-order chi connectivity index (χ0) is 28.0. The molecule has 1 unspecified atom stereocenters. The molecule has 0 saturated carbocycles. The lowest BCUT2D eigenvalue weighted by molar-refractivity contribution is -0.0148. The van der Waals surface area contributed by atoms with E-state index in [9.17, 15) is 18.6 Å². The third kappa shape index (κ3) is 4.97. The van der Waals surface area contributed by atoms with Crippen molar-refractivity contribution in [1.82, 2.24) is 9.97 Å². The number of nitrogens with one attached hydrogen (secondary N) is 4. The van der Waals surface area contributed by atoms with Crippen LogP contribution in [0.5, 0.6) is 5.75 Å². The highest BCUT2D eigenvalue weighted by atomic mass is 32.2. The fourth-order valence-corrected chi connectivity index (χ4v) is 5.67. The lowest BCUT2D eigenvalue weighted by Gasteiger charge is -2.15. The maximum atomic E-state index is 11.7. The summed E-state index contributed by atoms with van der Waals surface area (Å²) >= 11 is 0. The minimum atomic E-state index is -3.44. The number of aromatic amines is 1. The Kier molecular flexibility index (Phi) is 6.62. The Morgan fingerprint density at radius 3 is 2.65 bits per heavy atom. The first kappa shape index (κ1) is 26.1. The fourth-order valence-electron chi connectivity index (χ4n) is 5.11. The first-order chi connectivity index (χ1) is 19.2. The molecule has 3 heterocycles. The number of aromatic nitrogens is 2. The molecule has 0 aliphatic carbocycles. The van der Waals surface area contributed by atoms with E-state index >= 15 is 0 Å². The van der Waals surface area contributed by atoms with Gasteiger partial charge in [-0.1, -0.05) is 18.2 Å². The summed E-state index contributed by atoms with van der Waals surface area (Å²) in [6, 6.07) is 18.7. The van der Waals surface area contributed by atoms with Crippen LogP contribution in [0.3, 0.4) is 0 Å². The lowest BCUT2D eigenvalue weighted by Crippen LogP contribution is -2.25. The van der Waals surface area contributed by atoms with Crippen LogP contribution in [0.25, 0.3) is 32.8 Å². The van der Waals surface area contributed by atoms with Crippen molar-refractivity contribution in [3.8, 4) is 5.75 Å². The average Bonchev–Trinajstić information content (AvgIpc) is 3.47. The summed E-state index contributed by atoms with van der Waals surface area (Å²) in [6.07, 6.45) is -0.293. The first-order valence-corrected chi connectivity index (χ1v) is 14.6. The largest absolute Gasteiger partial charge is 0.494 e. The van der Waals surface area contributed by atoms with Gasteiger partial charge in [0.1, 0.15) is 18.1 Å². The molecule has 1 aliphatic rings. The molecule has 0 spiro atoms. The van der Waals surface area contributed by atoms with Crippen molar-refractivity contribution in [2.75, 3.05) is 35.3 Å². The molecular formula is C28H29N5O6S. The van der Waals surface area contributed by atoms with Crippen molar-refractivity contribution in [3.05, 3.63) is 60.7 Å². The first-order valence-electron chi connectivity index (χ1n) is 12.7. The number of sulfonamides is 1. The van der Waals surface area contributed by atoms with Gasteiger partial charge in [-0.05, 0) is 36.4 Å². The highest BCUT2D eigenvalue weighted by Gasteiger charge is 2.33. The van der Waals surface area contributed by atoms with E-state index in [4.69, 9.17) is 14.5 Å². The van der Waals surface area contributed by atoms with E-state index < -0.39 is 28.5 Å². The van der Waals surface area contributed by atoms with Crippen LogP contribution in [0, 0.1) is 0 Å². The molecule has 0 bridgehead atoms. The summed E-state index contributed by atoms with van der Waals surface area (Å²) in [5.74, 6) is 0.463. The summed E-state index contributed by atoms with van der Waals surface area (Å²) in [5, 5.41) is 28.1. The zero-order valence-electron chi connectivity index (χ0n) is 21.8. The molecular weight excluding hydrogens is 534 g/mol. The molecule has 1 aliphatic heterocycles. The number of anilines is 4. The van der Waals surface area contributed by atoms with Crippen molar-refractivity contribution in [3.63, 3.8) is 0 Å². The summed E-state index contributed by atoms with van der Waals surface area (Å²) < 4.78 is 37.2. The van der Waals surface area contributed by atoms with Gasteiger partial charge in [0, 0.05) is 34.5 Å². The van der Waals surface area contributed by atoms with E-state index in [1.54, 1.807) is 18.2 Å². The molecule has 3 atom stereocenters. The minimum absolute atomic E-state index is 0.241. The van der Waals surface area contributed by atoms with E-state index in [1.165, 1.54) is 7.11 Å². The quantitative estimate of drug-likeness (QED) is 0.165. The van der Waals surface area contributed by atoms with E-state index in [-0.39, 0.29) is 6.61 Å². The van der Waals surface area contributed by atoms with Crippen molar-refractivity contribution >= 4 is 65.6 Å². The van der Waals surface area contributed by atoms with Crippen molar-refractivity contribution in [2.45, 2.75) is 24.9 Å². The molecule has 0 amide bonds. The third-order valence-corrected chi connectivity index (χ3v) is 7.53. The molecule has 0 radical (unpaired) electrons. The van der Waals surface area contributed by atoms with Crippen LogP contribution in [-0.4, -0.2) is 67.0 Å². The maximum Gasteiger partial charge on any atom is 0.229 e. The zero-order valence-corrected chi connectivity index (χ0v) is 22.6. The molecule has 6 rings (SSSR count). The topological polar surface area (TPSA) is 158 Å². The number of ether oxygens (including phenoxy) is 2. The molecule has 5 aromatic rings. The van der Waals surface area contributed by atoms with Gasteiger partial charge in [-0.25, -0.2) is 13.4 Å². The average molecular weight is 564 g/mol. The molecule has 2 aromatic heterocycles. The number of rotatable bonds is 8. The van der Waals surface area contributed by atoms with Gasteiger partial charge < -0.3 is 35.3 Å². The lowest BCUT2D eigenvalue weighted by atomic mass is 10.1. The van der Waals surface area contributed by atoms with Gasteiger partial charge in [0.25, 0.3) is 0 Å². The van der Waals surface area contributed by atoms with Gasteiger partial charge in [0.2, 0.25) is 10.0 Å². The Labute approximate surface area is 230 Å². The molecule has 3 aromatic carbocycles. The number of aliphatic hydroxyl groups is 2. The fraction of sp³-hybridized carbons (Fsp3) is 0.250. The van der Waals surface area contributed by atoms with Crippen molar-refractivity contribution in [2.24, 2.45) is 0 Å². The number of benzene rings is 3. The maximum absolute atomic E-state index is 11.7.